The van der Waals surface area contributed by atoms with E-state index in [0.717, 1.165) is 28.1 Å². The molecule has 1 aromatic heterocycles. The topological polar surface area (TPSA) is 37.9 Å². The molecule has 3 heteroatoms. The molecule has 90 valence electrons. The Bertz CT molecular complexity index is 683. The highest BCUT2D eigenvalue weighted by atomic mass is 16.5. The highest BCUT2D eigenvalue weighted by Crippen LogP contribution is 2.25. The Hall–Kier alpha value is -2.29. The van der Waals surface area contributed by atoms with Gasteiger partial charge in [0.15, 0.2) is 0 Å². The first-order valence-corrected chi connectivity index (χ1v) is 5.91. The van der Waals surface area contributed by atoms with Crippen molar-refractivity contribution in [2.45, 2.75) is 13.8 Å². The molecule has 0 spiro atoms. The lowest BCUT2D eigenvalue weighted by Gasteiger charge is -2.05. The van der Waals surface area contributed by atoms with Crippen molar-refractivity contribution in [2.75, 3.05) is 0 Å². The van der Waals surface area contributed by atoms with Crippen molar-refractivity contribution < 1.29 is 4.74 Å². The minimum atomic E-state index is 0.804. The molecule has 18 heavy (non-hydrogen) atoms. The molecule has 0 atom stereocenters. The summed E-state index contributed by atoms with van der Waals surface area (Å²) in [6.07, 6.45) is 0. The number of aromatic amines is 1. The van der Waals surface area contributed by atoms with Gasteiger partial charge in [-0.25, -0.2) is 0 Å². The smallest absolute Gasteiger partial charge is 0.129 e. The molecule has 1 heterocycles. The monoisotopic (exact) mass is 238 g/mol. The minimum absolute atomic E-state index is 0.804. The molecule has 0 radical (unpaired) electrons. The van der Waals surface area contributed by atoms with Crippen LogP contribution in [0.3, 0.4) is 0 Å². The second kappa shape index (κ2) is 4.18. The summed E-state index contributed by atoms with van der Waals surface area (Å²) in [6, 6.07) is 13.9. The number of aryl methyl sites for hydroxylation is 2. The van der Waals surface area contributed by atoms with Crippen LogP contribution < -0.4 is 4.74 Å². The highest BCUT2D eigenvalue weighted by molar-refractivity contribution is 5.82. The van der Waals surface area contributed by atoms with E-state index in [4.69, 9.17) is 4.74 Å². The Kier molecular flexibility index (Phi) is 2.52. The van der Waals surface area contributed by atoms with Gasteiger partial charge in [-0.15, -0.1) is 0 Å². The third-order valence-corrected chi connectivity index (χ3v) is 2.97. The molecule has 3 aromatic rings. The molecule has 0 saturated heterocycles. The zero-order valence-corrected chi connectivity index (χ0v) is 10.4. The van der Waals surface area contributed by atoms with Crippen molar-refractivity contribution in [3.63, 3.8) is 0 Å². The van der Waals surface area contributed by atoms with Crippen LogP contribution in [0.5, 0.6) is 11.5 Å². The number of H-pyrrole nitrogens is 1. The zero-order valence-electron chi connectivity index (χ0n) is 10.4. The summed E-state index contributed by atoms with van der Waals surface area (Å²) in [5, 5.41) is 8.33. The lowest BCUT2D eigenvalue weighted by Crippen LogP contribution is -1.84. The largest absolute Gasteiger partial charge is 0.457 e. The maximum Gasteiger partial charge on any atom is 0.129 e. The fourth-order valence-electron chi connectivity index (χ4n) is 1.93. The van der Waals surface area contributed by atoms with Gasteiger partial charge >= 0.3 is 0 Å². The van der Waals surface area contributed by atoms with E-state index in [9.17, 15) is 0 Å². The maximum absolute atomic E-state index is 5.80. The van der Waals surface area contributed by atoms with Crippen molar-refractivity contribution >= 4 is 10.9 Å². The van der Waals surface area contributed by atoms with Gasteiger partial charge in [0.05, 0.1) is 5.52 Å². The first kappa shape index (κ1) is 10.8. The minimum Gasteiger partial charge on any atom is -0.457 e. The molecule has 0 aliphatic heterocycles. The van der Waals surface area contributed by atoms with E-state index in [1.54, 1.807) is 0 Å². The lowest BCUT2D eigenvalue weighted by atomic mass is 10.2. The Morgan fingerprint density at radius 3 is 2.44 bits per heavy atom. The van der Waals surface area contributed by atoms with Crippen LogP contribution in [0.15, 0.2) is 42.5 Å². The molecule has 2 aromatic carbocycles. The fraction of sp³-hybridized carbons (Fsp3) is 0.133. The molecular formula is C15H14N2O. The highest BCUT2D eigenvalue weighted by Gasteiger charge is 2.03. The lowest BCUT2D eigenvalue weighted by molar-refractivity contribution is 0.483. The van der Waals surface area contributed by atoms with Gasteiger partial charge in [-0.2, -0.15) is 5.10 Å². The summed E-state index contributed by atoms with van der Waals surface area (Å²) in [6.45, 7) is 4.07. The number of ether oxygens (including phenoxy) is 1. The number of hydrogen-bond donors (Lipinski definition) is 1. The van der Waals surface area contributed by atoms with Crippen LogP contribution in [0.1, 0.15) is 11.3 Å². The third kappa shape index (κ3) is 1.95. The zero-order chi connectivity index (χ0) is 12.5. The summed E-state index contributed by atoms with van der Waals surface area (Å²) in [7, 11) is 0. The summed E-state index contributed by atoms with van der Waals surface area (Å²) in [5.74, 6) is 1.64. The summed E-state index contributed by atoms with van der Waals surface area (Å²) in [4.78, 5) is 0. The number of nitrogens with zero attached hydrogens (tertiary/aromatic N) is 1. The van der Waals surface area contributed by atoms with Crippen LogP contribution in [0.4, 0.5) is 0 Å². The molecule has 1 N–H and O–H groups in total. The predicted octanol–water partition coefficient (Wildman–Crippen LogP) is 3.97. The summed E-state index contributed by atoms with van der Waals surface area (Å²) >= 11 is 0. The van der Waals surface area contributed by atoms with E-state index in [1.165, 1.54) is 5.56 Å². The number of aromatic nitrogens is 2. The van der Waals surface area contributed by atoms with E-state index in [2.05, 4.69) is 17.1 Å². The van der Waals surface area contributed by atoms with E-state index in [0.29, 0.717) is 0 Å². The Labute approximate surface area is 105 Å². The molecule has 3 nitrogen and oxygen atoms in total. The van der Waals surface area contributed by atoms with E-state index >= 15 is 0 Å². The standard InChI is InChI=1S/C15H14N2O/c1-10-3-5-12(6-4-10)18-13-7-8-14-11(2)16-17-15(14)9-13/h3-9H,1-2H3,(H,16,17). The van der Waals surface area contributed by atoms with Crippen LogP contribution in [0.2, 0.25) is 0 Å². The Morgan fingerprint density at radius 2 is 1.67 bits per heavy atom. The average Bonchev–Trinajstić information content (AvgIpc) is 2.74. The number of benzene rings is 2. The molecule has 0 amide bonds. The van der Waals surface area contributed by atoms with Crippen molar-refractivity contribution in [1.29, 1.82) is 0 Å². The van der Waals surface area contributed by atoms with Crippen molar-refractivity contribution in [3.8, 4) is 11.5 Å². The van der Waals surface area contributed by atoms with Gasteiger partial charge < -0.3 is 4.74 Å². The van der Waals surface area contributed by atoms with Gasteiger partial charge in [0.1, 0.15) is 11.5 Å². The van der Waals surface area contributed by atoms with Gasteiger partial charge in [0.25, 0.3) is 0 Å². The van der Waals surface area contributed by atoms with Crippen molar-refractivity contribution in [1.82, 2.24) is 10.2 Å². The number of hydrogen-bond acceptors (Lipinski definition) is 2. The average molecular weight is 238 g/mol. The second-order valence-corrected chi connectivity index (χ2v) is 4.44. The number of fused-ring (bicyclic) bond motifs is 1. The molecule has 3 rings (SSSR count). The van der Waals surface area contributed by atoms with Gasteiger partial charge in [-0.1, -0.05) is 17.7 Å². The van der Waals surface area contributed by atoms with Crippen LogP contribution >= 0.6 is 0 Å². The maximum atomic E-state index is 5.80. The molecule has 0 unspecified atom stereocenters. The Morgan fingerprint density at radius 1 is 0.944 bits per heavy atom. The molecule has 0 saturated carbocycles. The van der Waals surface area contributed by atoms with Gasteiger partial charge in [-0.3, -0.25) is 5.10 Å². The molecule has 0 aliphatic rings. The normalized spacial score (nSPS) is 10.8. The van der Waals surface area contributed by atoms with Crippen LogP contribution in [-0.4, -0.2) is 10.2 Å². The van der Waals surface area contributed by atoms with Gasteiger partial charge in [0, 0.05) is 17.1 Å². The second-order valence-electron chi connectivity index (χ2n) is 4.44. The van der Waals surface area contributed by atoms with Crippen molar-refractivity contribution in [2.24, 2.45) is 0 Å². The number of nitrogens with one attached hydrogen (secondary N) is 1. The van der Waals surface area contributed by atoms with E-state index in [-0.39, 0.29) is 0 Å². The Balaban J connectivity index is 1.92. The van der Waals surface area contributed by atoms with E-state index < -0.39 is 0 Å². The quantitative estimate of drug-likeness (QED) is 0.733. The van der Waals surface area contributed by atoms with E-state index in [1.807, 2.05) is 49.4 Å². The fourth-order valence-corrected chi connectivity index (χ4v) is 1.93. The summed E-state index contributed by atoms with van der Waals surface area (Å²) in [5.41, 5.74) is 3.23. The first-order chi connectivity index (χ1) is 8.72. The molecule has 0 fully saturated rings. The predicted molar refractivity (Wildman–Crippen MR) is 72.1 cm³/mol. The first-order valence-electron chi connectivity index (χ1n) is 5.91. The van der Waals surface area contributed by atoms with Gasteiger partial charge in [-0.05, 0) is 38.1 Å². The third-order valence-electron chi connectivity index (χ3n) is 2.97. The van der Waals surface area contributed by atoms with Crippen LogP contribution in [0.25, 0.3) is 10.9 Å². The molecule has 0 aliphatic carbocycles. The van der Waals surface area contributed by atoms with Crippen molar-refractivity contribution in [3.05, 3.63) is 53.7 Å². The molecule has 0 bridgehead atoms. The molecular weight excluding hydrogens is 224 g/mol. The summed E-state index contributed by atoms with van der Waals surface area (Å²) < 4.78 is 5.80. The SMILES string of the molecule is Cc1ccc(Oc2ccc3c(C)[nH]nc3c2)cc1. The van der Waals surface area contributed by atoms with Crippen LogP contribution in [-0.2, 0) is 0 Å². The van der Waals surface area contributed by atoms with Gasteiger partial charge in [0.2, 0.25) is 0 Å². The number of rotatable bonds is 2. The van der Waals surface area contributed by atoms with Crippen LogP contribution in [0, 0.1) is 13.8 Å².